The predicted octanol–water partition coefficient (Wildman–Crippen LogP) is 0.915. The van der Waals surface area contributed by atoms with E-state index in [0.29, 0.717) is 4.99 Å². The van der Waals surface area contributed by atoms with Crippen molar-refractivity contribution >= 4 is 28.5 Å². The Hall–Kier alpha value is -0.560. The van der Waals surface area contributed by atoms with Crippen LogP contribution in [-0.2, 0) is 6.54 Å². The lowest BCUT2D eigenvalue weighted by molar-refractivity contribution is 0.132. The minimum atomic E-state index is 0.392. The second-order valence-electron chi connectivity index (χ2n) is 4.20. The zero-order chi connectivity index (χ0) is 12.3. The average Bonchev–Trinajstić information content (AvgIpc) is 2.79. The van der Waals surface area contributed by atoms with Crippen molar-refractivity contribution in [3.63, 3.8) is 0 Å². The Balaban J connectivity index is 1.86. The van der Waals surface area contributed by atoms with Crippen LogP contribution >= 0.6 is 23.6 Å². The van der Waals surface area contributed by atoms with Crippen LogP contribution in [0.15, 0.2) is 5.38 Å². The third-order valence-corrected chi connectivity index (χ3v) is 4.12. The molecule has 1 saturated heterocycles. The molecule has 94 valence electrons. The molecule has 0 atom stereocenters. The van der Waals surface area contributed by atoms with Gasteiger partial charge in [0.2, 0.25) is 0 Å². The van der Waals surface area contributed by atoms with Gasteiger partial charge in [0.15, 0.2) is 0 Å². The van der Waals surface area contributed by atoms with Crippen LogP contribution in [0.4, 0.5) is 0 Å². The van der Waals surface area contributed by atoms with E-state index in [2.05, 4.69) is 21.7 Å². The molecule has 2 rings (SSSR count). The van der Waals surface area contributed by atoms with Crippen molar-refractivity contribution < 1.29 is 0 Å². The SMILES string of the molecule is CCN1CCN(Cc2nc(C(N)=S)cs2)CC1. The number of thiazole rings is 1. The van der Waals surface area contributed by atoms with Gasteiger partial charge in [-0.05, 0) is 6.54 Å². The zero-order valence-electron chi connectivity index (χ0n) is 10.1. The molecule has 0 bridgehead atoms. The predicted molar refractivity (Wildman–Crippen MR) is 75.4 cm³/mol. The number of rotatable bonds is 4. The number of nitrogens with two attached hydrogens (primary N) is 1. The minimum absolute atomic E-state index is 0.392. The summed E-state index contributed by atoms with van der Waals surface area (Å²) in [6.45, 7) is 8.84. The summed E-state index contributed by atoms with van der Waals surface area (Å²) in [6.07, 6.45) is 0. The van der Waals surface area contributed by atoms with E-state index in [1.165, 1.54) is 0 Å². The molecule has 17 heavy (non-hydrogen) atoms. The van der Waals surface area contributed by atoms with Crippen LogP contribution in [0.5, 0.6) is 0 Å². The highest BCUT2D eigenvalue weighted by atomic mass is 32.1. The molecule has 0 unspecified atom stereocenters. The van der Waals surface area contributed by atoms with Crippen LogP contribution in [0.25, 0.3) is 0 Å². The molecular formula is C11H18N4S2. The Morgan fingerprint density at radius 2 is 2.06 bits per heavy atom. The first-order valence-electron chi connectivity index (χ1n) is 5.88. The monoisotopic (exact) mass is 270 g/mol. The maximum Gasteiger partial charge on any atom is 0.123 e. The number of nitrogens with zero attached hydrogens (tertiary/aromatic N) is 3. The summed E-state index contributed by atoms with van der Waals surface area (Å²) in [7, 11) is 0. The summed E-state index contributed by atoms with van der Waals surface area (Å²) >= 11 is 6.56. The Morgan fingerprint density at radius 3 is 2.59 bits per heavy atom. The summed E-state index contributed by atoms with van der Waals surface area (Å²) in [6, 6.07) is 0. The minimum Gasteiger partial charge on any atom is -0.388 e. The Morgan fingerprint density at radius 1 is 1.41 bits per heavy atom. The van der Waals surface area contributed by atoms with E-state index >= 15 is 0 Å². The van der Waals surface area contributed by atoms with E-state index in [1.54, 1.807) is 11.3 Å². The molecule has 0 saturated carbocycles. The van der Waals surface area contributed by atoms with Gasteiger partial charge in [0, 0.05) is 31.6 Å². The molecule has 1 aromatic heterocycles. The fourth-order valence-corrected chi connectivity index (χ4v) is 2.97. The third kappa shape index (κ3) is 3.45. The summed E-state index contributed by atoms with van der Waals surface area (Å²) in [5.74, 6) is 0. The smallest absolute Gasteiger partial charge is 0.123 e. The van der Waals surface area contributed by atoms with Gasteiger partial charge >= 0.3 is 0 Å². The molecule has 2 heterocycles. The normalized spacial score (nSPS) is 18.4. The van der Waals surface area contributed by atoms with Gasteiger partial charge in [-0.15, -0.1) is 11.3 Å². The molecule has 2 N–H and O–H groups in total. The van der Waals surface area contributed by atoms with Gasteiger partial charge in [-0.25, -0.2) is 4.98 Å². The Bertz CT molecular complexity index is 383. The molecule has 0 radical (unpaired) electrons. The highest BCUT2D eigenvalue weighted by molar-refractivity contribution is 7.80. The van der Waals surface area contributed by atoms with Crippen molar-refractivity contribution in [1.82, 2.24) is 14.8 Å². The van der Waals surface area contributed by atoms with Gasteiger partial charge in [-0.1, -0.05) is 19.1 Å². The lowest BCUT2D eigenvalue weighted by atomic mass is 10.3. The first-order chi connectivity index (χ1) is 8.19. The summed E-state index contributed by atoms with van der Waals surface area (Å²) in [4.78, 5) is 9.74. The number of hydrogen-bond acceptors (Lipinski definition) is 5. The Labute approximate surface area is 111 Å². The lowest BCUT2D eigenvalue weighted by Gasteiger charge is -2.33. The highest BCUT2D eigenvalue weighted by Gasteiger charge is 2.16. The first kappa shape index (κ1) is 12.9. The van der Waals surface area contributed by atoms with Gasteiger partial charge in [0.1, 0.15) is 15.7 Å². The zero-order valence-corrected chi connectivity index (χ0v) is 11.7. The van der Waals surface area contributed by atoms with Gasteiger partial charge < -0.3 is 10.6 Å². The van der Waals surface area contributed by atoms with Gasteiger partial charge in [0.25, 0.3) is 0 Å². The molecular weight excluding hydrogens is 252 g/mol. The molecule has 0 aliphatic carbocycles. The molecule has 1 aliphatic heterocycles. The van der Waals surface area contributed by atoms with E-state index in [1.807, 2.05) is 5.38 Å². The summed E-state index contributed by atoms with van der Waals surface area (Å²) < 4.78 is 0. The molecule has 1 aromatic rings. The molecule has 4 nitrogen and oxygen atoms in total. The highest BCUT2D eigenvalue weighted by Crippen LogP contribution is 2.13. The van der Waals surface area contributed by atoms with E-state index in [4.69, 9.17) is 18.0 Å². The van der Waals surface area contributed by atoms with Crippen molar-refractivity contribution in [2.75, 3.05) is 32.7 Å². The van der Waals surface area contributed by atoms with Crippen LogP contribution in [0.2, 0.25) is 0 Å². The fourth-order valence-electron chi connectivity index (χ4n) is 1.95. The second-order valence-corrected chi connectivity index (χ2v) is 5.58. The molecule has 0 amide bonds. The summed E-state index contributed by atoms with van der Waals surface area (Å²) in [5, 5.41) is 3.05. The second kappa shape index (κ2) is 5.86. The van der Waals surface area contributed by atoms with Gasteiger partial charge in [-0.2, -0.15) is 0 Å². The standard InChI is InChI=1S/C11H18N4S2/c1-2-14-3-5-15(6-4-14)7-10-13-9(8-17-10)11(12)16/h8H,2-7H2,1H3,(H2,12,16). The third-order valence-electron chi connectivity index (χ3n) is 3.08. The largest absolute Gasteiger partial charge is 0.388 e. The molecule has 0 aromatic carbocycles. The van der Waals surface area contributed by atoms with Crippen LogP contribution in [0.3, 0.4) is 0 Å². The van der Waals surface area contributed by atoms with E-state index in [0.717, 1.165) is 50.0 Å². The Kier molecular flexibility index (Phi) is 4.44. The average molecular weight is 270 g/mol. The number of hydrogen-bond donors (Lipinski definition) is 1. The van der Waals surface area contributed by atoms with Crippen LogP contribution in [0, 0.1) is 0 Å². The number of aromatic nitrogens is 1. The van der Waals surface area contributed by atoms with Crippen molar-refractivity contribution in [2.24, 2.45) is 5.73 Å². The van der Waals surface area contributed by atoms with Crippen molar-refractivity contribution in [3.05, 3.63) is 16.1 Å². The maximum atomic E-state index is 5.55. The number of thiocarbonyl (C=S) groups is 1. The van der Waals surface area contributed by atoms with Crippen molar-refractivity contribution in [1.29, 1.82) is 0 Å². The summed E-state index contributed by atoms with van der Waals surface area (Å²) in [5.41, 5.74) is 6.31. The van der Waals surface area contributed by atoms with Gasteiger partial charge in [-0.3, -0.25) is 4.90 Å². The van der Waals surface area contributed by atoms with Crippen LogP contribution in [-0.4, -0.2) is 52.5 Å². The van der Waals surface area contributed by atoms with Crippen molar-refractivity contribution in [3.8, 4) is 0 Å². The van der Waals surface area contributed by atoms with E-state index in [-0.39, 0.29) is 0 Å². The van der Waals surface area contributed by atoms with Crippen molar-refractivity contribution in [2.45, 2.75) is 13.5 Å². The van der Waals surface area contributed by atoms with E-state index < -0.39 is 0 Å². The van der Waals surface area contributed by atoms with Crippen LogP contribution in [0.1, 0.15) is 17.6 Å². The molecule has 0 spiro atoms. The maximum absolute atomic E-state index is 5.55. The topological polar surface area (TPSA) is 45.4 Å². The van der Waals surface area contributed by atoms with Crippen LogP contribution < -0.4 is 5.73 Å². The first-order valence-corrected chi connectivity index (χ1v) is 7.16. The molecule has 1 fully saturated rings. The number of piperazine rings is 1. The molecule has 6 heteroatoms. The molecule has 1 aliphatic rings. The number of likely N-dealkylation sites (N-methyl/N-ethyl adjacent to an activating group) is 1. The van der Waals surface area contributed by atoms with Gasteiger partial charge in [0.05, 0.1) is 6.54 Å². The lowest BCUT2D eigenvalue weighted by Crippen LogP contribution is -2.45. The fraction of sp³-hybridized carbons (Fsp3) is 0.636. The quantitative estimate of drug-likeness (QED) is 0.824. The van der Waals surface area contributed by atoms with E-state index in [9.17, 15) is 0 Å².